The lowest BCUT2D eigenvalue weighted by Gasteiger charge is -2.32. The number of rotatable bonds is 24. The van der Waals surface area contributed by atoms with Gasteiger partial charge in [0.05, 0.1) is 78.1 Å². The molecular weight excluding hydrogens is 1690 g/mol. The van der Waals surface area contributed by atoms with Crippen molar-refractivity contribution in [2.24, 2.45) is 0 Å². The van der Waals surface area contributed by atoms with Crippen LogP contribution in [0.4, 0.5) is 22.7 Å². The lowest BCUT2D eigenvalue weighted by molar-refractivity contribution is -0.164. The first kappa shape index (κ1) is 105. The van der Waals surface area contributed by atoms with Gasteiger partial charge in [-0.2, -0.15) is 0 Å². The van der Waals surface area contributed by atoms with Gasteiger partial charge in [-0.15, -0.1) is 19.7 Å². The Morgan fingerprint density at radius 3 is 0.992 bits per heavy atom. The topological polar surface area (TPSA) is 318 Å². The van der Waals surface area contributed by atoms with Gasteiger partial charge in [0.2, 0.25) is 30.1 Å². The van der Waals surface area contributed by atoms with Crippen molar-refractivity contribution in [2.45, 2.75) is 239 Å². The Morgan fingerprint density at radius 2 is 0.698 bits per heavy atom. The van der Waals surface area contributed by atoms with Crippen molar-refractivity contribution >= 4 is 76.7 Å². The molecule has 2 aliphatic rings. The average molecular weight is 1820 g/mol. The number of methoxy groups -OCH3 is 3. The second kappa shape index (κ2) is 43.3. The molecule has 0 aromatic heterocycles. The number of allylic oxidation sites excluding steroid dienone is 4. The van der Waals surface area contributed by atoms with E-state index in [9.17, 15) is 49.5 Å². The first-order chi connectivity index (χ1) is 59.9. The number of nitrogen functional groups attached to an aromatic ring is 1. The maximum absolute atomic E-state index is 13.1. The van der Waals surface area contributed by atoms with Crippen LogP contribution in [0.25, 0.3) is 44.5 Å². The summed E-state index contributed by atoms with van der Waals surface area (Å²) in [5.41, 5.74) is 29.8. The minimum atomic E-state index is -3.71. The number of esters is 3. The molecule has 0 spiro atoms. The molecule has 0 amide bonds. The third-order valence-electron chi connectivity index (χ3n) is 21.9. The number of carbonyl (C=O) groups excluding carboxylic acids is 3. The van der Waals surface area contributed by atoms with E-state index in [1.807, 2.05) is 216 Å². The summed E-state index contributed by atoms with van der Waals surface area (Å²) < 4.78 is 124. The summed E-state index contributed by atoms with van der Waals surface area (Å²) in [6.07, 6.45) is 9.91. The molecule has 0 fully saturated rings. The fourth-order valence-corrected chi connectivity index (χ4v) is 19.1. The zero-order valence-corrected chi connectivity index (χ0v) is 82.8. The van der Waals surface area contributed by atoms with E-state index < -0.39 is 101 Å². The molecule has 0 unspecified atom stereocenters. The lowest BCUT2D eigenvalue weighted by Crippen LogP contribution is -2.30. The standard InChI is InChI=1S/C28H37NO5S.C26H33NO5S.C25H31NO5S.C25H33NO3/c1-10-12-22-19(4)23(21-15-13-18(3)14-16-21)24(26(27(30)33-9)34-28(6,7)8)20(5)25(22)29-35(31,32)17-11-2;1-16-11-13-19(14-12-16)21-17(2)20-10-8-9-15-33(29,30)27-23(20)18(3)22(21)24(25(28)31-7)32-26(4,5)6;1-15-10-12-18(13-11-15)20-16(2)19-9-7-8-14-32(29,30)26-22(19)17(3)21(20)23(24(27)28)31-25(4,5)6;1-9-10-19-16(3)20(18-13-11-15(2)12-14-18)21(17(4)22(19)26)23(24(27)28-8)29-25(5,6)7/h10-11,13-16,26,29H,1-2,12,17H2,3-9H3;8-9,11-14,24,27H,10,15H2,1-7H3;7-8,10-13,23,26H,9,14H2,1-6H3,(H,27,28);9,11-14,23H,1,10,26H2,2-8H3/b;9-8-;8-7-;/t26-;24-;2*23-/m0000/s1. The van der Waals surface area contributed by atoms with E-state index in [1.165, 1.54) is 33.0 Å². The molecule has 10 rings (SSSR count). The van der Waals surface area contributed by atoms with Crippen LogP contribution in [-0.4, -0.2) is 115 Å². The van der Waals surface area contributed by atoms with Crippen LogP contribution in [0, 0.1) is 83.1 Å². The van der Waals surface area contributed by atoms with Crippen LogP contribution in [0.2, 0.25) is 0 Å². The number of aryl methyl sites for hydroxylation is 4. The van der Waals surface area contributed by atoms with Crippen molar-refractivity contribution in [3.63, 3.8) is 0 Å². The van der Waals surface area contributed by atoms with Crippen molar-refractivity contribution in [3.8, 4) is 44.5 Å². The van der Waals surface area contributed by atoms with E-state index in [0.717, 1.165) is 117 Å². The number of benzene rings is 8. The van der Waals surface area contributed by atoms with Crippen molar-refractivity contribution in [1.29, 1.82) is 0 Å². The predicted molar refractivity (Wildman–Crippen MR) is 523 cm³/mol. The van der Waals surface area contributed by atoms with Gasteiger partial charge in [-0.1, -0.05) is 162 Å². The highest BCUT2D eigenvalue weighted by molar-refractivity contribution is 7.93. The monoisotopic (exact) mass is 1820 g/mol. The Bertz CT molecular complexity index is 5920. The smallest absolute Gasteiger partial charge is 0.339 e. The van der Waals surface area contributed by atoms with E-state index in [2.05, 4.69) is 65.1 Å². The summed E-state index contributed by atoms with van der Waals surface area (Å²) >= 11 is 0. The van der Waals surface area contributed by atoms with Gasteiger partial charge < -0.3 is 44.0 Å². The number of nitrogens with one attached hydrogen (secondary N) is 3. The van der Waals surface area contributed by atoms with Crippen LogP contribution in [0.1, 0.15) is 219 Å². The maximum atomic E-state index is 13.1. The van der Waals surface area contributed by atoms with Crippen LogP contribution >= 0.6 is 0 Å². The summed E-state index contributed by atoms with van der Waals surface area (Å²) in [5, 5.41) is 10.2. The van der Waals surface area contributed by atoms with Gasteiger partial charge in [0, 0.05) is 27.9 Å². The van der Waals surface area contributed by atoms with Crippen molar-refractivity contribution in [2.75, 3.05) is 58.5 Å². The zero-order valence-electron chi connectivity index (χ0n) is 80.3. The van der Waals surface area contributed by atoms with Crippen LogP contribution < -0.4 is 19.9 Å². The van der Waals surface area contributed by atoms with Gasteiger partial charge in [-0.3, -0.25) is 14.2 Å². The highest BCUT2D eigenvalue weighted by Crippen LogP contribution is 2.50. The molecule has 129 heavy (non-hydrogen) atoms. The average Bonchev–Trinajstić information content (AvgIpc) is 0.724. The second-order valence-electron chi connectivity index (χ2n) is 36.7. The van der Waals surface area contributed by atoms with Gasteiger partial charge in [0.1, 0.15) is 0 Å². The number of carboxylic acid groups (broad SMARTS) is 1. The summed E-state index contributed by atoms with van der Waals surface area (Å²) in [6, 6.07) is 32.2. The van der Waals surface area contributed by atoms with Gasteiger partial charge in [-0.25, -0.2) is 44.4 Å². The molecule has 8 aromatic carbocycles. The maximum Gasteiger partial charge on any atom is 0.339 e. The number of aliphatic carboxylic acids is 1. The van der Waals surface area contributed by atoms with Crippen LogP contribution in [0.5, 0.6) is 0 Å². The van der Waals surface area contributed by atoms with Gasteiger partial charge in [-0.05, 0) is 303 Å². The number of fused-ring (bicyclic) bond motifs is 2. The molecule has 0 radical (unpaired) electrons. The number of ether oxygens (including phenoxy) is 7. The molecule has 2 heterocycles. The molecule has 4 atom stereocenters. The summed E-state index contributed by atoms with van der Waals surface area (Å²) in [4.78, 5) is 51.3. The highest BCUT2D eigenvalue weighted by Gasteiger charge is 2.41. The molecule has 22 nitrogen and oxygen atoms in total. The van der Waals surface area contributed by atoms with E-state index in [0.29, 0.717) is 81.8 Å². The number of hydrogen-bond donors (Lipinski definition) is 5. The molecule has 2 aliphatic heterocycles. The largest absolute Gasteiger partial charge is 0.479 e. The Labute approximate surface area is 766 Å². The van der Waals surface area contributed by atoms with Crippen molar-refractivity contribution in [3.05, 3.63) is 271 Å². The normalized spacial score (nSPS) is 15.0. The second-order valence-corrected chi connectivity index (χ2v) is 42.0. The third-order valence-corrected chi connectivity index (χ3v) is 25.4. The molecule has 696 valence electrons. The number of hydrogen-bond acceptors (Lipinski definition) is 18. The number of carboxylic acids is 1. The van der Waals surface area contributed by atoms with Crippen molar-refractivity contribution < 1.29 is 82.7 Å². The number of carbonyl (C=O) groups is 4. The quantitative estimate of drug-likeness (QED) is 0.0162. The van der Waals surface area contributed by atoms with Gasteiger partial charge in [0.15, 0.2) is 24.4 Å². The molecule has 0 saturated heterocycles. The first-order valence-corrected chi connectivity index (χ1v) is 47.9. The first-order valence-electron chi connectivity index (χ1n) is 42.9. The Morgan fingerprint density at radius 1 is 0.419 bits per heavy atom. The fraction of sp³-hybridized carbons (Fsp3) is 0.404. The van der Waals surface area contributed by atoms with E-state index in [-0.39, 0.29) is 17.3 Å². The molecule has 25 heteroatoms. The summed E-state index contributed by atoms with van der Waals surface area (Å²) in [6.45, 7) is 56.9. The minimum absolute atomic E-state index is 0.0983. The Kier molecular flexibility index (Phi) is 35.3. The Hall–Kier alpha value is -10.8. The summed E-state index contributed by atoms with van der Waals surface area (Å²) in [5.74, 6) is -3.12. The van der Waals surface area contributed by atoms with Gasteiger partial charge in [0.25, 0.3) is 0 Å². The predicted octanol–water partition coefficient (Wildman–Crippen LogP) is 21.8. The van der Waals surface area contributed by atoms with E-state index >= 15 is 0 Å². The highest BCUT2D eigenvalue weighted by atomic mass is 32.2. The molecule has 0 aliphatic carbocycles. The van der Waals surface area contributed by atoms with Crippen LogP contribution in [0.3, 0.4) is 0 Å². The Balaban J connectivity index is 0.000000236. The number of sulfonamides is 3. The lowest BCUT2D eigenvalue weighted by atomic mass is 9.83. The van der Waals surface area contributed by atoms with E-state index in [1.54, 1.807) is 52.8 Å². The van der Waals surface area contributed by atoms with Gasteiger partial charge >= 0.3 is 23.9 Å². The SMILES string of the molecule is C=CCc1c(C)c(-c2ccc(C)cc2)c([C@H](OC(C)(C)C)C(=O)OC)c(C)c1N.C=CCc1c(C)c(-c2ccc(C)cc2)c([C@H](OC(C)(C)C)C(=O)OC)c(C)c1NS(=O)(=O)CC=C.COC(=O)[C@@H](OC(C)(C)C)c1c(C)c2c(c(C)c1-c1ccc(C)cc1)C/C=C\CS(=O)(=O)N2.Cc1ccc(-c2c(C)c3c(c(C)c2[C@H](OC(C)(C)C)C(=O)O)NS(=O)(=O)C/C=C\C3)cc1. The van der Waals surface area contributed by atoms with Crippen LogP contribution in [0.15, 0.2) is 159 Å². The molecule has 6 N–H and O–H groups in total. The molecular formula is C104H134N4O18S3. The minimum Gasteiger partial charge on any atom is -0.479 e. The van der Waals surface area contributed by atoms with Crippen molar-refractivity contribution in [1.82, 2.24) is 0 Å². The molecule has 0 saturated carbocycles. The third kappa shape index (κ3) is 27.0. The zero-order chi connectivity index (χ0) is 96.9. The molecule has 0 bridgehead atoms. The van der Waals surface area contributed by atoms with E-state index in [4.69, 9.17) is 38.9 Å². The molecule has 8 aromatic rings. The number of anilines is 4. The van der Waals surface area contributed by atoms with Crippen LogP contribution in [-0.2, 0) is 108 Å². The summed E-state index contributed by atoms with van der Waals surface area (Å²) in [7, 11) is -6.86. The number of nitrogens with two attached hydrogens (primary N) is 1. The fourth-order valence-electron chi connectivity index (χ4n) is 16.0.